The van der Waals surface area contributed by atoms with Gasteiger partial charge in [0.2, 0.25) is 5.88 Å². The lowest BCUT2D eigenvalue weighted by Gasteiger charge is -2.12. The molecule has 0 fully saturated rings. The van der Waals surface area contributed by atoms with Gasteiger partial charge in [0, 0.05) is 7.05 Å². The van der Waals surface area contributed by atoms with Gasteiger partial charge >= 0.3 is 0 Å². The number of benzene rings is 1. The zero-order valence-corrected chi connectivity index (χ0v) is 14.4. The van der Waals surface area contributed by atoms with E-state index in [1.165, 1.54) is 6.33 Å². The number of aromatic nitrogens is 2. The van der Waals surface area contributed by atoms with Crippen molar-refractivity contribution >= 4 is 37.7 Å². The van der Waals surface area contributed by atoms with Crippen LogP contribution < -0.4 is 14.8 Å². The van der Waals surface area contributed by atoms with E-state index in [4.69, 9.17) is 9.47 Å². The first-order chi connectivity index (χ1) is 9.56. The molecular weight excluding hydrogens is 390 g/mol. The molecule has 2 rings (SSSR count). The Kier molecular flexibility index (Phi) is 4.82. The van der Waals surface area contributed by atoms with E-state index in [1.54, 1.807) is 14.2 Å². The first-order valence-corrected chi connectivity index (χ1v) is 7.35. The third-order valence-corrected chi connectivity index (χ3v) is 3.93. The minimum atomic E-state index is 0.502. The predicted octanol–water partition coefficient (Wildman–Crippen LogP) is 4.15. The Morgan fingerprint density at radius 1 is 1.10 bits per heavy atom. The fourth-order valence-electron chi connectivity index (χ4n) is 1.64. The molecule has 0 aliphatic carbocycles. The van der Waals surface area contributed by atoms with E-state index in [0.29, 0.717) is 11.6 Å². The minimum Gasteiger partial charge on any atom is -0.496 e. The molecule has 0 unspecified atom stereocenters. The molecule has 1 heterocycles. The molecule has 0 saturated carbocycles. The van der Waals surface area contributed by atoms with Crippen LogP contribution in [0.4, 0.5) is 5.82 Å². The molecule has 1 N–H and O–H groups in total. The number of halogens is 2. The van der Waals surface area contributed by atoms with Gasteiger partial charge in [-0.15, -0.1) is 0 Å². The van der Waals surface area contributed by atoms with Crippen LogP contribution in [0.3, 0.4) is 0 Å². The second-order valence-corrected chi connectivity index (χ2v) is 5.63. The van der Waals surface area contributed by atoms with Crippen LogP contribution in [0.15, 0.2) is 27.4 Å². The van der Waals surface area contributed by atoms with Crippen molar-refractivity contribution in [1.29, 1.82) is 0 Å². The summed E-state index contributed by atoms with van der Waals surface area (Å²) in [5.41, 5.74) is 0.842. The average Bonchev–Trinajstić information content (AvgIpc) is 2.44. The van der Waals surface area contributed by atoms with Gasteiger partial charge in [-0.05, 0) is 50.9 Å². The van der Waals surface area contributed by atoms with E-state index in [0.717, 1.165) is 26.1 Å². The summed E-state index contributed by atoms with van der Waals surface area (Å²) in [4.78, 5) is 8.28. The van der Waals surface area contributed by atoms with Crippen LogP contribution in [-0.4, -0.2) is 24.1 Å². The van der Waals surface area contributed by atoms with Gasteiger partial charge in [0.05, 0.1) is 21.6 Å². The molecule has 0 radical (unpaired) electrons. The molecule has 5 nitrogen and oxygen atoms in total. The van der Waals surface area contributed by atoms with Crippen molar-refractivity contribution in [2.45, 2.75) is 6.92 Å². The third-order valence-electron chi connectivity index (χ3n) is 2.69. The highest BCUT2D eigenvalue weighted by atomic mass is 79.9. The maximum Gasteiger partial charge on any atom is 0.227 e. The monoisotopic (exact) mass is 401 g/mol. The summed E-state index contributed by atoms with van der Waals surface area (Å²) in [6.07, 6.45) is 1.46. The third kappa shape index (κ3) is 3.04. The number of rotatable bonds is 4. The lowest BCUT2D eigenvalue weighted by molar-refractivity contribution is 0.408. The summed E-state index contributed by atoms with van der Waals surface area (Å²) in [7, 11) is 3.42. The molecule has 0 spiro atoms. The molecular formula is C13H13Br2N3O2. The zero-order valence-electron chi connectivity index (χ0n) is 11.2. The highest BCUT2D eigenvalue weighted by Gasteiger charge is 2.13. The van der Waals surface area contributed by atoms with E-state index in [1.807, 2.05) is 19.1 Å². The van der Waals surface area contributed by atoms with Crippen molar-refractivity contribution in [3.63, 3.8) is 0 Å². The molecule has 0 atom stereocenters. The summed E-state index contributed by atoms with van der Waals surface area (Å²) in [6, 6.07) is 3.65. The summed E-state index contributed by atoms with van der Waals surface area (Å²) < 4.78 is 12.6. The van der Waals surface area contributed by atoms with E-state index in [-0.39, 0.29) is 0 Å². The van der Waals surface area contributed by atoms with Crippen molar-refractivity contribution in [1.82, 2.24) is 9.97 Å². The van der Waals surface area contributed by atoms with Crippen molar-refractivity contribution in [2.75, 3.05) is 19.5 Å². The van der Waals surface area contributed by atoms with E-state index in [2.05, 4.69) is 47.1 Å². The van der Waals surface area contributed by atoms with Crippen molar-refractivity contribution in [2.24, 2.45) is 0 Å². The molecule has 0 aliphatic rings. The highest BCUT2D eigenvalue weighted by molar-refractivity contribution is 9.11. The van der Waals surface area contributed by atoms with Gasteiger partial charge in [-0.1, -0.05) is 0 Å². The summed E-state index contributed by atoms with van der Waals surface area (Å²) in [6.45, 7) is 1.90. The van der Waals surface area contributed by atoms with Crippen LogP contribution >= 0.6 is 31.9 Å². The highest BCUT2D eigenvalue weighted by Crippen LogP contribution is 2.38. The van der Waals surface area contributed by atoms with Crippen LogP contribution in [0, 0.1) is 6.92 Å². The summed E-state index contributed by atoms with van der Waals surface area (Å²) in [5, 5.41) is 2.99. The van der Waals surface area contributed by atoms with E-state index in [9.17, 15) is 0 Å². The fourth-order valence-corrected chi connectivity index (χ4v) is 2.53. The zero-order chi connectivity index (χ0) is 14.7. The standard InChI is InChI=1S/C13H13Br2N3O2/c1-7-12(16-2)17-6-18-13(7)20-11-5-8(14)10(19-3)4-9(11)15/h4-6H,1-3H3,(H,16,17,18). The van der Waals surface area contributed by atoms with Gasteiger partial charge in [-0.2, -0.15) is 0 Å². The Hall–Kier alpha value is -1.34. The van der Waals surface area contributed by atoms with Gasteiger partial charge in [0.15, 0.2) is 0 Å². The number of ether oxygens (including phenoxy) is 2. The molecule has 106 valence electrons. The number of nitrogens with zero attached hydrogens (tertiary/aromatic N) is 2. The molecule has 0 aliphatic heterocycles. The largest absolute Gasteiger partial charge is 0.496 e. The Labute approximate surface area is 134 Å². The molecule has 7 heteroatoms. The van der Waals surface area contributed by atoms with Gasteiger partial charge in [0.1, 0.15) is 23.6 Å². The van der Waals surface area contributed by atoms with Crippen LogP contribution in [0.25, 0.3) is 0 Å². The van der Waals surface area contributed by atoms with E-state index >= 15 is 0 Å². The van der Waals surface area contributed by atoms with Crippen LogP contribution in [0.5, 0.6) is 17.4 Å². The molecule has 2 aromatic rings. The SMILES string of the molecule is CNc1ncnc(Oc2cc(Br)c(OC)cc2Br)c1C. The Bertz CT molecular complexity index is 635. The fraction of sp³-hybridized carbons (Fsp3) is 0.231. The normalized spacial score (nSPS) is 10.2. The number of hydrogen-bond donors (Lipinski definition) is 1. The Balaban J connectivity index is 2.38. The number of methoxy groups -OCH3 is 1. The van der Waals surface area contributed by atoms with Crippen LogP contribution in [-0.2, 0) is 0 Å². The predicted molar refractivity (Wildman–Crippen MR) is 84.8 cm³/mol. The minimum absolute atomic E-state index is 0.502. The Morgan fingerprint density at radius 2 is 1.75 bits per heavy atom. The second kappa shape index (κ2) is 6.41. The van der Waals surface area contributed by atoms with Gasteiger partial charge in [-0.25, -0.2) is 9.97 Å². The summed E-state index contributed by atoms with van der Waals surface area (Å²) >= 11 is 6.89. The topological polar surface area (TPSA) is 56.3 Å². The van der Waals surface area contributed by atoms with Gasteiger partial charge in [0.25, 0.3) is 0 Å². The first-order valence-electron chi connectivity index (χ1n) is 5.77. The molecule has 0 amide bonds. The first kappa shape index (κ1) is 15.1. The molecule has 1 aromatic carbocycles. The quantitative estimate of drug-likeness (QED) is 0.832. The number of hydrogen-bond acceptors (Lipinski definition) is 5. The number of nitrogens with one attached hydrogen (secondary N) is 1. The molecule has 1 aromatic heterocycles. The maximum absolute atomic E-state index is 5.84. The van der Waals surface area contributed by atoms with Crippen molar-refractivity contribution in [3.8, 4) is 17.4 Å². The van der Waals surface area contributed by atoms with Gasteiger partial charge in [-0.3, -0.25) is 0 Å². The maximum atomic E-state index is 5.84. The molecule has 20 heavy (non-hydrogen) atoms. The second-order valence-electron chi connectivity index (χ2n) is 3.92. The van der Waals surface area contributed by atoms with Crippen LogP contribution in [0.1, 0.15) is 5.56 Å². The average molecular weight is 403 g/mol. The van der Waals surface area contributed by atoms with E-state index < -0.39 is 0 Å². The van der Waals surface area contributed by atoms with Gasteiger partial charge < -0.3 is 14.8 Å². The Morgan fingerprint density at radius 3 is 2.40 bits per heavy atom. The molecule has 0 saturated heterocycles. The van der Waals surface area contributed by atoms with Crippen molar-refractivity contribution in [3.05, 3.63) is 33.0 Å². The lowest BCUT2D eigenvalue weighted by atomic mass is 10.3. The smallest absolute Gasteiger partial charge is 0.227 e. The number of anilines is 1. The molecule has 0 bridgehead atoms. The summed E-state index contributed by atoms with van der Waals surface area (Å²) in [5.74, 6) is 2.60. The lowest BCUT2D eigenvalue weighted by Crippen LogP contribution is -2.00. The van der Waals surface area contributed by atoms with Crippen LogP contribution in [0.2, 0.25) is 0 Å². The van der Waals surface area contributed by atoms with Crippen molar-refractivity contribution < 1.29 is 9.47 Å².